The third kappa shape index (κ3) is 6.35. The molecule has 1 atom stereocenters. The Balaban J connectivity index is 2.67. The molecule has 0 aromatic heterocycles. The van der Waals surface area contributed by atoms with Crippen molar-refractivity contribution in [3.05, 3.63) is 29.3 Å². The molecule has 0 spiro atoms. The number of ether oxygens (including phenoxy) is 2. The number of nitrogens with one attached hydrogen (secondary N) is 1. The first kappa shape index (κ1) is 17.8. The van der Waals surface area contributed by atoms with Gasteiger partial charge in [-0.3, -0.25) is 0 Å². The van der Waals surface area contributed by atoms with Crippen LogP contribution < -0.4 is 10.1 Å². The van der Waals surface area contributed by atoms with Crippen molar-refractivity contribution in [3.8, 4) is 5.75 Å². The average molecular weight is 305 g/mol. The van der Waals surface area contributed by atoms with Gasteiger partial charge < -0.3 is 14.8 Å². The zero-order chi connectivity index (χ0) is 15.9. The third-order valence-corrected chi connectivity index (χ3v) is 3.10. The van der Waals surface area contributed by atoms with E-state index in [2.05, 4.69) is 5.32 Å². The van der Waals surface area contributed by atoms with Crippen LogP contribution in [0.3, 0.4) is 0 Å². The summed E-state index contributed by atoms with van der Waals surface area (Å²) in [7, 11) is 1.53. The highest BCUT2D eigenvalue weighted by Crippen LogP contribution is 2.25. The summed E-state index contributed by atoms with van der Waals surface area (Å²) in [5, 5.41) is 3.28. The van der Waals surface area contributed by atoms with Gasteiger partial charge in [0.05, 0.1) is 26.7 Å². The van der Waals surface area contributed by atoms with E-state index in [1.165, 1.54) is 7.11 Å². The molecular formula is C15H22F3NO2. The number of hydrogen-bond donors (Lipinski definition) is 1. The molecule has 1 aromatic carbocycles. The Morgan fingerprint density at radius 1 is 1.29 bits per heavy atom. The summed E-state index contributed by atoms with van der Waals surface area (Å²) in [6, 6.07) is 5.81. The molecule has 0 fully saturated rings. The molecule has 21 heavy (non-hydrogen) atoms. The summed E-state index contributed by atoms with van der Waals surface area (Å²) in [5.41, 5.74) is 1.80. The van der Waals surface area contributed by atoms with E-state index in [0.717, 1.165) is 17.7 Å². The molecule has 0 amide bonds. The lowest BCUT2D eigenvalue weighted by Crippen LogP contribution is -2.18. The minimum Gasteiger partial charge on any atom is -0.496 e. The van der Waals surface area contributed by atoms with Crippen molar-refractivity contribution in [2.75, 3.05) is 20.3 Å². The minimum absolute atomic E-state index is 0.103. The first-order valence-electron chi connectivity index (χ1n) is 6.92. The Hall–Kier alpha value is -1.27. The second kappa shape index (κ2) is 8.24. The van der Waals surface area contributed by atoms with E-state index in [-0.39, 0.29) is 19.3 Å². The molecular weight excluding hydrogens is 283 g/mol. The van der Waals surface area contributed by atoms with Crippen LogP contribution in [0.1, 0.15) is 37.4 Å². The number of benzene rings is 1. The summed E-state index contributed by atoms with van der Waals surface area (Å²) in [6.07, 6.45) is -5.13. The average Bonchev–Trinajstić information content (AvgIpc) is 2.42. The van der Waals surface area contributed by atoms with Crippen molar-refractivity contribution in [1.82, 2.24) is 5.32 Å². The summed E-state index contributed by atoms with van der Waals surface area (Å²) < 4.78 is 46.5. The standard InChI is InChI=1S/C15H22F3NO2/c1-4-19-11(2)12-5-6-14(20-3)13(9-12)10-21-8-7-15(16,17)18/h5-6,9,11,19H,4,7-8,10H2,1-3H3. The summed E-state index contributed by atoms with van der Waals surface area (Å²) >= 11 is 0. The smallest absolute Gasteiger partial charge is 0.391 e. The lowest BCUT2D eigenvalue weighted by molar-refractivity contribution is -0.146. The van der Waals surface area contributed by atoms with Crippen LogP contribution in [0.15, 0.2) is 18.2 Å². The van der Waals surface area contributed by atoms with Crippen LogP contribution >= 0.6 is 0 Å². The molecule has 1 unspecified atom stereocenters. The van der Waals surface area contributed by atoms with Crippen LogP contribution in [0.4, 0.5) is 13.2 Å². The molecule has 6 heteroatoms. The van der Waals surface area contributed by atoms with Crippen LogP contribution in [0.5, 0.6) is 5.75 Å². The summed E-state index contributed by atoms with van der Waals surface area (Å²) in [6.45, 7) is 4.64. The Morgan fingerprint density at radius 2 is 2.00 bits per heavy atom. The number of halogens is 3. The molecule has 0 bridgehead atoms. The molecule has 0 aliphatic heterocycles. The first-order chi connectivity index (χ1) is 9.87. The maximum atomic E-state index is 12.1. The van der Waals surface area contributed by atoms with Gasteiger partial charge in [-0.1, -0.05) is 13.0 Å². The molecule has 1 rings (SSSR count). The first-order valence-corrected chi connectivity index (χ1v) is 6.92. The number of hydrogen-bond acceptors (Lipinski definition) is 3. The fraction of sp³-hybridized carbons (Fsp3) is 0.600. The normalized spacial score (nSPS) is 13.2. The molecule has 1 N–H and O–H groups in total. The van der Waals surface area contributed by atoms with Gasteiger partial charge in [0, 0.05) is 11.6 Å². The molecule has 0 aliphatic carbocycles. The van der Waals surface area contributed by atoms with Gasteiger partial charge in [-0.05, 0) is 31.2 Å². The van der Waals surface area contributed by atoms with Gasteiger partial charge in [-0.2, -0.15) is 13.2 Å². The molecule has 0 saturated carbocycles. The van der Waals surface area contributed by atoms with E-state index >= 15 is 0 Å². The van der Waals surface area contributed by atoms with Crippen molar-refractivity contribution in [1.29, 1.82) is 0 Å². The zero-order valence-corrected chi connectivity index (χ0v) is 12.6. The fourth-order valence-electron chi connectivity index (χ4n) is 1.97. The predicted octanol–water partition coefficient (Wildman–Crippen LogP) is 3.83. The Bertz CT molecular complexity index is 435. The number of alkyl halides is 3. The molecule has 0 saturated heterocycles. The topological polar surface area (TPSA) is 30.5 Å². The van der Waals surface area contributed by atoms with Gasteiger partial charge in [0.25, 0.3) is 0 Å². The maximum absolute atomic E-state index is 12.1. The van der Waals surface area contributed by atoms with E-state index in [9.17, 15) is 13.2 Å². The Labute approximate surface area is 123 Å². The molecule has 1 aromatic rings. The van der Waals surface area contributed by atoms with E-state index < -0.39 is 12.6 Å². The van der Waals surface area contributed by atoms with Crippen molar-refractivity contribution in [2.24, 2.45) is 0 Å². The minimum atomic E-state index is -4.19. The maximum Gasteiger partial charge on any atom is 0.391 e. The van der Waals surface area contributed by atoms with Crippen LogP contribution in [-0.2, 0) is 11.3 Å². The van der Waals surface area contributed by atoms with Crippen LogP contribution in [0.25, 0.3) is 0 Å². The fourth-order valence-corrected chi connectivity index (χ4v) is 1.97. The van der Waals surface area contributed by atoms with Gasteiger partial charge >= 0.3 is 6.18 Å². The van der Waals surface area contributed by atoms with Gasteiger partial charge in [0.15, 0.2) is 0 Å². The Morgan fingerprint density at radius 3 is 2.57 bits per heavy atom. The monoisotopic (exact) mass is 305 g/mol. The summed E-state index contributed by atoms with van der Waals surface area (Å²) in [4.78, 5) is 0. The van der Waals surface area contributed by atoms with Crippen LogP contribution in [0.2, 0.25) is 0 Å². The highest BCUT2D eigenvalue weighted by Gasteiger charge is 2.26. The lowest BCUT2D eigenvalue weighted by atomic mass is 10.0. The zero-order valence-electron chi connectivity index (χ0n) is 12.6. The van der Waals surface area contributed by atoms with Gasteiger partial charge in [-0.15, -0.1) is 0 Å². The molecule has 120 valence electrons. The van der Waals surface area contributed by atoms with E-state index in [1.54, 1.807) is 0 Å². The number of methoxy groups -OCH3 is 1. The van der Waals surface area contributed by atoms with Crippen molar-refractivity contribution in [2.45, 2.75) is 39.1 Å². The third-order valence-electron chi connectivity index (χ3n) is 3.10. The Kier molecular flexibility index (Phi) is 6.98. The van der Waals surface area contributed by atoms with Crippen molar-refractivity contribution < 1.29 is 22.6 Å². The quantitative estimate of drug-likeness (QED) is 0.740. The van der Waals surface area contributed by atoms with Crippen molar-refractivity contribution in [3.63, 3.8) is 0 Å². The SMILES string of the molecule is CCNC(C)c1ccc(OC)c(COCCC(F)(F)F)c1. The number of rotatable bonds is 8. The molecule has 0 radical (unpaired) electrons. The van der Waals surface area contributed by atoms with Gasteiger partial charge in [0.1, 0.15) is 5.75 Å². The van der Waals surface area contributed by atoms with Crippen LogP contribution in [0, 0.1) is 0 Å². The summed E-state index contributed by atoms with van der Waals surface area (Å²) in [5.74, 6) is 0.620. The second-order valence-corrected chi connectivity index (χ2v) is 4.77. The lowest BCUT2D eigenvalue weighted by Gasteiger charge is -2.16. The second-order valence-electron chi connectivity index (χ2n) is 4.77. The van der Waals surface area contributed by atoms with Gasteiger partial charge in [0.2, 0.25) is 0 Å². The molecule has 3 nitrogen and oxygen atoms in total. The largest absolute Gasteiger partial charge is 0.496 e. The van der Waals surface area contributed by atoms with Crippen molar-refractivity contribution >= 4 is 0 Å². The van der Waals surface area contributed by atoms with E-state index in [1.807, 2.05) is 32.0 Å². The molecule has 0 heterocycles. The van der Waals surface area contributed by atoms with E-state index in [0.29, 0.717) is 5.75 Å². The van der Waals surface area contributed by atoms with Gasteiger partial charge in [-0.25, -0.2) is 0 Å². The highest BCUT2D eigenvalue weighted by molar-refractivity contribution is 5.38. The molecule has 0 aliphatic rings. The predicted molar refractivity (Wildman–Crippen MR) is 75.4 cm³/mol. The van der Waals surface area contributed by atoms with Crippen LogP contribution in [-0.4, -0.2) is 26.4 Å². The highest BCUT2D eigenvalue weighted by atomic mass is 19.4. The van der Waals surface area contributed by atoms with E-state index in [4.69, 9.17) is 9.47 Å².